The first kappa shape index (κ1) is 12.0. The fraction of sp³-hybridized carbons (Fsp3) is 0. The molecule has 0 amide bonds. The zero-order valence-electron chi connectivity index (χ0n) is 9.15. The molecule has 0 saturated carbocycles. The van der Waals surface area contributed by atoms with Crippen LogP contribution in [0.5, 0.6) is 0 Å². The number of anilines is 2. The van der Waals surface area contributed by atoms with E-state index in [1.165, 1.54) is 24.3 Å². The Morgan fingerprint density at radius 2 is 1.61 bits per heavy atom. The standard InChI is InChI=1S/C13H9F2NO2/c14-9-5-3-6-10(15)12(9)16-11-7-2-1-4-8(11)13(17)18/h1-7,16H,(H,17,18). The number of rotatable bonds is 3. The molecule has 0 aliphatic rings. The Bertz CT molecular complexity index is 579. The van der Waals surface area contributed by atoms with Gasteiger partial charge in [0.1, 0.15) is 17.3 Å². The van der Waals surface area contributed by atoms with Gasteiger partial charge in [-0.25, -0.2) is 13.6 Å². The smallest absolute Gasteiger partial charge is 0.337 e. The molecule has 2 aromatic rings. The molecule has 18 heavy (non-hydrogen) atoms. The molecule has 0 heterocycles. The van der Waals surface area contributed by atoms with Gasteiger partial charge in [0.25, 0.3) is 0 Å². The molecule has 0 radical (unpaired) electrons. The normalized spacial score (nSPS) is 10.1. The highest BCUT2D eigenvalue weighted by atomic mass is 19.1. The van der Waals surface area contributed by atoms with E-state index in [4.69, 9.17) is 5.11 Å². The zero-order valence-corrected chi connectivity index (χ0v) is 9.15. The number of hydrogen-bond acceptors (Lipinski definition) is 2. The molecule has 2 N–H and O–H groups in total. The van der Waals surface area contributed by atoms with Crippen LogP contribution in [0.25, 0.3) is 0 Å². The second-order valence-corrected chi connectivity index (χ2v) is 3.57. The van der Waals surface area contributed by atoms with E-state index in [2.05, 4.69) is 5.32 Å². The number of para-hydroxylation sites is 2. The highest BCUT2D eigenvalue weighted by molar-refractivity contribution is 5.95. The van der Waals surface area contributed by atoms with E-state index in [0.29, 0.717) is 0 Å². The maximum absolute atomic E-state index is 13.4. The number of carbonyl (C=O) groups is 1. The first-order valence-corrected chi connectivity index (χ1v) is 5.13. The zero-order chi connectivity index (χ0) is 13.1. The van der Waals surface area contributed by atoms with Gasteiger partial charge in [0, 0.05) is 0 Å². The third-order valence-corrected chi connectivity index (χ3v) is 2.38. The van der Waals surface area contributed by atoms with Crippen molar-refractivity contribution in [2.75, 3.05) is 5.32 Å². The molecule has 0 fully saturated rings. The van der Waals surface area contributed by atoms with Crippen LogP contribution in [-0.4, -0.2) is 11.1 Å². The van der Waals surface area contributed by atoms with Gasteiger partial charge in [0.05, 0.1) is 11.3 Å². The minimum atomic E-state index is -1.17. The Hall–Kier alpha value is -2.43. The van der Waals surface area contributed by atoms with Gasteiger partial charge in [0.2, 0.25) is 0 Å². The molecule has 0 unspecified atom stereocenters. The van der Waals surface area contributed by atoms with Crippen molar-refractivity contribution in [1.29, 1.82) is 0 Å². The van der Waals surface area contributed by atoms with Crippen LogP contribution < -0.4 is 5.32 Å². The summed E-state index contributed by atoms with van der Waals surface area (Å²) in [4.78, 5) is 11.0. The predicted octanol–water partition coefficient (Wildman–Crippen LogP) is 3.41. The molecular formula is C13H9F2NO2. The average Bonchev–Trinajstić information content (AvgIpc) is 2.34. The summed E-state index contributed by atoms with van der Waals surface area (Å²) in [7, 11) is 0. The molecule has 0 atom stereocenters. The van der Waals surface area contributed by atoms with Crippen molar-refractivity contribution in [2.45, 2.75) is 0 Å². The summed E-state index contributed by atoms with van der Waals surface area (Å²) in [5, 5.41) is 11.4. The second kappa shape index (κ2) is 4.83. The van der Waals surface area contributed by atoms with Crippen LogP contribution in [0.15, 0.2) is 42.5 Å². The summed E-state index contributed by atoms with van der Waals surface area (Å²) in [6.07, 6.45) is 0. The lowest BCUT2D eigenvalue weighted by Crippen LogP contribution is -2.04. The number of nitrogens with one attached hydrogen (secondary N) is 1. The van der Waals surface area contributed by atoms with E-state index < -0.39 is 17.6 Å². The van der Waals surface area contributed by atoms with Crippen LogP contribution in [0, 0.1) is 11.6 Å². The van der Waals surface area contributed by atoms with Crippen molar-refractivity contribution in [2.24, 2.45) is 0 Å². The highest BCUT2D eigenvalue weighted by Crippen LogP contribution is 2.25. The monoisotopic (exact) mass is 249 g/mol. The second-order valence-electron chi connectivity index (χ2n) is 3.57. The first-order chi connectivity index (χ1) is 8.59. The summed E-state index contributed by atoms with van der Waals surface area (Å²) < 4.78 is 26.8. The third kappa shape index (κ3) is 2.29. The van der Waals surface area contributed by atoms with Crippen molar-refractivity contribution in [1.82, 2.24) is 0 Å². The quantitative estimate of drug-likeness (QED) is 0.876. The lowest BCUT2D eigenvalue weighted by molar-refractivity contribution is 0.0698. The molecule has 2 aromatic carbocycles. The van der Waals surface area contributed by atoms with E-state index in [1.807, 2.05) is 0 Å². The van der Waals surface area contributed by atoms with E-state index in [0.717, 1.165) is 12.1 Å². The molecule has 2 rings (SSSR count). The van der Waals surface area contributed by atoms with Crippen LogP contribution in [0.3, 0.4) is 0 Å². The van der Waals surface area contributed by atoms with E-state index >= 15 is 0 Å². The maximum Gasteiger partial charge on any atom is 0.337 e. The number of carboxylic acid groups (broad SMARTS) is 1. The Morgan fingerprint density at radius 1 is 1.00 bits per heavy atom. The van der Waals surface area contributed by atoms with Crippen LogP contribution in [0.1, 0.15) is 10.4 Å². The lowest BCUT2D eigenvalue weighted by atomic mass is 10.1. The van der Waals surface area contributed by atoms with Gasteiger partial charge in [-0.05, 0) is 24.3 Å². The molecular weight excluding hydrogens is 240 g/mol. The lowest BCUT2D eigenvalue weighted by Gasteiger charge is -2.10. The van der Waals surface area contributed by atoms with Crippen molar-refractivity contribution in [3.05, 3.63) is 59.7 Å². The Morgan fingerprint density at radius 3 is 2.22 bits per heavy atom. The first-order valence-electron chi connectivity index (χ1n) is 5.13. The van der Waals surface area contributed by atoms with Crippen molar-refractivity contribution in [3.8, 4) is 0 Å². The minimum absolute atomic E-state index is 0.0554. The van der Waals surface area contributed by atoms with Gasteiger partial charge < -0.3 is 10.4 Å². The van der Waals surface area contributed by atoms with Gasteiger partial charge in [-0.3, -0.25) is 0 Å². The molecule has 92 valence electrons. The van der Waals surface area contributed by atoms with Crippen LogP contribution in [0.4, 0.5) is 20.2 Å². The Kier molecular flexibility index (Phi) is 3.23. The number of aromatic carboxylic acids is 1. The summed E-state index contributed by atoms with van der Waals surface area (Å²) in [5.41, 5.74) is -0.291. The van der Waals surface area contributed by atoms with Gasteiger partial charge in [0.15, 0.2) is 0 Å². The van der Waals surface area contributed by atoms with E-state index in [9.17, 15) is 13.6 Å². The summed E-state index contributed by atoms with van der Waals surface area (Å²) in [6.45, 7) is 0. The molecule has 0 aliphatic carbocycles. The molecule has 0 aromatic heterocycles. The Balaban J connectivity index is 2.43. The maximum atomic E-state index is 13.4. The van der Waals surface area contributed by atoms with Gasteiger partial charge in [-0.2, -0.15) is 0 Å². The summed E-state index contributed by atoms with van der Waals surface area (Å²) in [6, 6.07) is 9.32. The largest absolute Gasteiger partial charge is 0.478 e. The SMILES string of the molecule is O=C(O)c1ccccc1Nc1c(F)cccc1F. The van der Waals surface area contributed by atoms with E-state index in [1.54, 1.807) is 6.07 Å². The molecule has 0 bridgehead atoms. The fourth-order valence-electron chi connectivity index (χ4n) is 1.53. The number of carboxylic acids is 1. The summed E-state index contributed by atoms with van der Waals surface area (Å²) in [5.74, 6) is -2.74. The van der Waals surface area contributed by atoms with Crippen molar-refractivity contribution >= 4 is 17.3 Å². The van der Waals surface area contributed by atoms with Crippen molar-refractivity contribution in [3.63, 3.8) is 0 Å². The van der Waals surface area contributed by atoms with Gasteiger partial charge in [-0.1, -0.05) is 18.2 Å². The molecule has 0 aliphatic heterocycles. The number of halogens is 2. The van der Waals surface area contributed by atoms with E-state index in [-0.39, 0.29) is 16.9 Å². The fourth-order valence-corrected chi connectivity index (χ4v) is 1.53. The average molecular weight is 249 g/mol. The minimum Gasteiger partial charge on any atom is -0.478 e. The summed E-state index contributed by atoms with van der Waals surface area (Å²) >= 11 is 0. The molecule has 0 spiro atoms. The van der Waals surface area contributed by atoms with Gasteiger partial charge >= 0.3 is 5.97 Å². The Labute approximate surface area is 102 Å². The van der Waals surface area contributed by atoms with Crippen LogP contribution in [-0.2, 0) is 0 Å². The highest BCUT2D eigenvalue weighted by Gasteiger charge is 2.13. The predicted molar refractivity (Wildman–Crippen MR) is 63.0 cm³/mol. The topological polar surface area (TPSA) is 49.3 Å². The number of benzene rings is 2. The molecule has 3 nitrogen and oxygen atoms in total. The molecule has 0 saturated heterocycles. The van der Waals surface area contributed by atoms with Gasteiger partial charge in [-0.15, -0.1) is 0 Å². The molecule has 5 heteroatoms. The van der Waals surface area contributed by atoms with Crippen LogP contribution in [0.2, 0.25) is 0 Å². The van der Waals surface area contributed by atoms with Crippen molar-refractivity contribution < 1.29 is 18.7 Å². The third-order valence-electron chi connectivity index (χ3n) is 2.38. The van der Waals surface area contributed by atoms with Crippen LogP contribution >= 0.6 is 0 Å². The number of hydrogen-bond donors (Lipinski definition) is 2.